The van der Waals surface area contributed by atoms with E-state index in [4.69, 9.17) is 9.47 Å². The van der Waals surface area contributed by atoms with Crippen molar-refractivity contribution in [3.8, 4) is 0 Å². The number of hydrogen-bond donors (Lipinski definition) is 1. The van der Waals surface area contributed by atoms with Crippen LogP contribution in [-0.2, 0) is 14.3 Å². The van der Waals surface area contributed by atoms with Gasteiger partial charge >= 0.3 is 5.97 Å². The quantitative estimate of drug-likeness (QED) is 0.693. The number of nitrogens with one attached hydrogen (secondary N) is 1. The van der Waals surface area contributed by atoms with Crippen LogP contribution in [0.5, 0.6) is 0 Å². The molecule has 0 aromatic carbocycles. The SMILES string of the molecule is CCCNC(C)(CCCN1C[C@@H](C)O[C@@H](C)C1)C(=O)OC. The number of methoxy groups -OCH3 is 1. The molecule has 0 spiro atoms. The molecule has 1 fully saturated rings. The first-order chi connectivity index (χ1) is 9.91. The first-order valence-electron chi connectivity index (χ1n) is 8.12. The molecule has 1 rings (SSSR count). The third kappa shape index (κ3) is 5.93. The zero-order valence-corrected chi connectivity index (χ0v) is 14.3. The van der Waals surface area contributed by atoms with E-state index in [-0.39, 0.29) is 5.97 Å². The third-order valence-electron chi connectivity index (χ3n) is 4.05. The van der Waals surface area contributed by atoms with Crippen LogP contribution in [-0.4, -0.2) is 61.9 Å². The van der Waals surface area contributed by atoms with Gasteiger partial charge in [-0.25, -0.2) is 0 Å². The molecule has 1 aliphatic rings. The Morgan fingerprint density at radius 3 is 2.52 bits per heavy atom. The molecule has 0 aromatic rings. The van der Waals surface area contributed by atoms with Gasteiger partial charge in [0, 0.05) is 13.1 Å². The summed E-state index contributed by atoms with van der Waals surface area (Å²) < 4.78 is 10.7. The second kappa shape index (κ2) is 8.71. The summed E-state index contributed by atoms with van der Waals surface area (Å²) in [5, 5.41) is 3.33. The van der Waals surface area contributed by atoms with Gasteiger partial charge in [-0.15, -0.1) is 0 Å². The van der Waals surface area contributed by atoms with Crippen LogP contribution >= 0.6 is 0 Å². The Labute approximate surface area is 129 Å². The molecule has 0 aromatic heterocycles. The van der Waals surface area contributed by atoms with Crippen LogP contribution in [0.3, 0.4) is 0 Å². The van der Waals surface area contributed by atoms with E-state index in [2.05, 4.69) is 31.0 Å². The van der Waals surface area contributed by atoms with Crippen LogP contribution in [0.2, 0.25) is 0 Å². The number of morpholine rings is 1. The fourth-order valence-corrected chi connectivity index (χ4v) is 3.01. The first kappa shape index (κ1) is 18.4. The maximum Gasteiger partial charge on any atom is 0.325 e. The van der Waals surface area contributed by atoms with Crippen molar-refractivity contribution in [3.63, 3.8) is 0 Å². The lowest BCUT2D eigenvalue weighted by Crippen LogP contribution is -2.51. The van der Waals surface area contributed by atoms with Crippen LogP contribution in [0.25, 0.3) is 0 Å². The standard InChI is InChI=1S/C16H32N2O3/c1-6-9-17-16(4,15(19)20-5)8-7-10-18-11-13(2)21-14(3)12-18/h13-14,17H,6-12H2,1-5H3/t13-,14+,16?. The van der Waals surface area contributed by atoms with Gasteiger partial charge in [0.1, 0.15) is 5.54 Å². The minimum Gasteiger partial charge on any atom is -0.468 e. The average molecular weight is 300 g/mol. The molecule has 0 aliphatic carbocycles. The number of carbonyl (C=O) groups excluding carboxylic acids is 1. The summed E-state index contributed by atoms with van der Waals surface area (Å²) in [4.78, 5) is 14.4. The predicted molar refractivity (Wildman–Crippen MR) is 84.4 cm³/mol. The lowest BCUT2D eigenvalue weighted by molar-refractivity contribution is -0.148. The minimum absolute atomic E-state index is 0.167. The Balaban J connectivity index is 2.44. The van der Waals surface area contributed by atoms with Gasteiger partial charge in [-0.1, -0.05) is 6.92 Å². The molecule has 0 radical (unpaired) electrons. The van der Waals surface area contributed by atoms with Crippen molar-refractivity contribution in [1.82, 2.24) is 10.2 Å². The summed E-state index contributed by atoms with van der Waals surface area (Å²) in [5.74, 6) is -0.167. The summed E-state index contributed by atoms with van der Waals surface area (Å²) in [6.07, 6.45) is 3.35. The Hall–Kier alpha value is -0.650. The first-order valence-corrected chi connectivity index (χ1v) is 8.12. The van der Waals surface area contributed by atoms with Crippen LogP contribution in [0, 0.1) is 0 Å². The van der Waals surface area contributed by atoms with Crippen LogP contribution in [0.1, 0.15) is 47.0 Å². The molecule has 1 heterocycles. The number of hydrogen-bond acceptors (Lipinski definition) is 5. The number of ether oxygens (including phenoxy) is 2. The number of rotatable bonds is 8. The maximum absolute atomic E-state index is 12.0. The predicted octanol–water partition coefficient (Wildman–Crippen LogP) is 1.81. The highest BCUT2D eigenvalue weighted by molar-refractivity contribution is 5.80. The molecule has 1 aliphatic heterocycles. The summed E-state index contributed by atoms with van der Waals surface area (Å²) >= 11 is 0. The van der Waals surface area contributed by atoms with E-state index in [0.717, 1.165) is 45.4 Å². The summed E-state index contributed by atoms with van der Waals surface area (Å²) in [7, 11) is 1.46. The van der Waals surface area contributed by atoms with Gasteiger partial charge in [0.15, 0.2) is 0 Å². The molecule has 0 bridgehead atoms. The molecule has 1 unspecified atom stereocenters. The summed E-state index contributed by atoms with van der Waals surface area (Å²) in [6.45, 7) is 12.0. The van der Waals surface area contributed by atoms with Crippen molar-refractivity contribution in [2.45, 2.75) is 64.7 Å². The number of nitrogens with zero attached hydrogens (tertiary/aromatic N) is 1. The topological polar surface area (TPSA) is 50.8 Å². The van der Waals surface area contributed by atoms with Crippen molar-refractivity contribution in [2.75, 3.05) is 33.3 Å². The normalized spacial score (nSPS) is 26.3. The van der Waals surface area contributed by atoms with Crippen LogP contribution in [0.4, 0.5) is 0 Å². The maximum atomic E-state index is 12.0. The second-order valence-corrected chi connectivity index (χ2v) is 6.37. The van der Waals surface area contributed by atoms with Gasteiger partial charge in [0.25, 0.3) is 0 Å². The highest BCUT2D eigenvalue weighted by Crippen LogP contribution is 2.17. The van der Waals surface area contributed by atoms with Gasteiger partial charge in [0.05, 0.1) is 19.3 Å². The van der Waals surface area contributed by atoms with E-state index in [9.17, 15) is 4.79 Å². The van der Waals surface area contributed by atoms with Crippen molar-refractivity contribution < 1.29 is 14.3 Å². The second-order valence-electron chi connectivity index (χ2n) is 6.37. The highest BCUT2D eigenvalue weighted by atomic mass is 16.5. The Morgan fingerprint density at radius 1 is 1.38 bits per heavy atom. The van der Waals surface area contributed by atoms with E-state index in [0.29, 0.717) is 12.2 Å². The number of esters is 1. The zero-order chi connectivity index (χ0) is 15.9. The Kier molecular flexibility index (Phi) is 7.63. The van der Waals surface area contributed by atoms with Gasteiger partial charge in [-0.2, -0.15) is 0 Å². The molecule has 1 N–H and O–H groups in total. The molecule has 5 nitrogen and oxygen atoms in total. The smallest absolute Gasteiger partial charge is 0.325 e. The highest BCUT2D eigenvalue weighted by Gasteiger charge is 2.33. The van der Waals surface area contributed by atoms with Crippen molar-refractivity contribution in [3.05, 3.63) is 0 Å². The molecule has 3 atom stereocenters. The van der Waals surface area contributed by atoms with E-state index in [1.54, 1.807) is 0 Å². The van der Waals surface area contributed by atoms with Crippen LogP contribution in [0.15, 0.2) is 0 Å². The Bertz CT molecular complexity index is 315. The van der Waals surface area contributed by atoms with Gasteiger partial charge in [-0.3, -0.25) is 9.69 Å². The average Bonchev–Trinajstić information content (AvgIpc) is 2.43. The van der Waals surface area contributed by atoms with E-state index in [1.165, 1.54) is 7.11 Å². The lowest BCUT2D eigenvalue weighted by Gasteiger charge is -2.36. The minimum atomic E-state index is -0.575. The van der Waals surface area contributed by atoms with Gasteiger partial charge < -0.3 is 14.8 Å². The molecule has 0 saturated carbocycles. The lowest BCUT2D eigenvalue weighted by atomic mass is 9.95. The third-order valence-corrected chi connectivity index (χ3v) is 4.05. The van der Waals surface area contributed by atoms with Gasteiger partial charge in [-0.05, 0) is 53.1 Å². The van der Waals surface area contributed by atoms with Crippen LogP contribution < -0.4 is 5.32 Å². The molecule has 124 valence electrons. The Morgan fingerprint density at radius 2 is 2.00 bits per heavy atom. The van der Waals surface area contributed by atoms with E-state index in [1.807, 2.05) is 6.92 Å². The monoisotopic (exact) mass is 300 g/mol. The van der Waals surface area contributed by atoms with E-state index < -0.39 is 5.54 Å². The number of carbonyl (C=O) groups is 1. The molecule has 1 saturated heterocycles. The van der Waals surface area contributed by atoms with E-state index >= 15 is 0 Å². The fraction of sp³-hybridized carbons (Fsp3) is 0.938. The molecular weight excluding hydrogens is 268 g/mol. The van der Waals surface area contributed by atoms with Crippen molar-refractivity contribution in [2.24, 2.45) is 0 Å². The summed E-state index contributed by atoms with van der Waals surface area (Å²) in [6, 6.07) is 0. The molecular formula is C16H32N2O3. The fourth-order valence-electron chi connectivity index (χ4n) is 3.01. The van der Waals surface area contributed by atoms with Crippen molar-refractivity contribution in [1.29, 1.82) is 0 Å². The molecule has 0 amide bonds. The summed E-state index contributed by atoms with van der Waals surface area (Å²) in [5.41, 5.74) is -0.575. The molecule has 5 heteroatoms. The largest absolute Gasteiger partial charge is 0.468 e. The van der Waals surface area contributed by atoms with Gasteiger partial charge in [0.2, 0.25) is 0 Å². The van der Waals surface area contributed by atoms with Crippen molar-refractivity contribution >= 4 is 5.97 Å². The molecule has 21 heavy (non-hydrogen) atoms. The zero-order valence-electron chi connectivity index (χ0n) is 14.3.